The van der Waals surface area contributed by atoms with E-state index in [-0.39, 0.29) is 6.61 Å². The van der Waals surface area contributed by atoms with Crippen LogP contribution in [0.1, 0.15) is 23.3 Å². The van der Waals surface area contributed by atoms with Gasteiger partial charge in [0.15, 0.2) is 0 Å². The summed E-state index contributed by atoms with van der Waals surface area (Å²) in [5.74, 6) is 0.00379. The monoisotopic (exact) mass is 250 g/mol. The second kappa shape index (κ2) is 5.82. The van der Waals surface area contributed by atoms with Crippen LogP contribution in [0.2, 0.25) is 0 Å². The van der Waals surface area contributed by atoms with Crippen molar-refractivity contribution in [1.29, 1.82) is 0 Å². The van der Waals surface area contributed by atoms with Gasteiger partial charge in [0.05, 0.1) is 19.0 Å². The molecule has 0 saturated carbocycles. The number of aliphatic hydroxyl groups is 1. The first-order valence-corrected chi connectivity index (χ1v) is 6.14. The van der Waals surface area contributed by atoms with E-state index in [0.29, 0.717) is 11.6 Å². The largest absolute Gasteiger partial charge is 0.464 e. The number of pyridine rings is 1. The first-order valence-electron chi connectivity index (χ1n) is 6.14. The molecule has 2 rings (SSSR count). The number of aromatic nitrogens is 1. The third kappa shape index (κ3) is 2.79. The third-order valence-electron chi connectivity index (χ3n) is 3.38. The maximum atomic E-state index is 11.3. The normalized spacial score (nSPS) is 16.7. The van der Waals surface area contributed by atoms with Gasteiger partial charge < -0.3 is 14.7 Å². The molecule has 0 radical (unpaired) electrons. The number of nitrogens with zero attached hydrogens (tertiary/aromatic N) is 2. The molecule has 2 heterocycles. The van der Waals surface area contributed by atoms with Gasteiger partial charge >= 0.3 is 5.97 Å². The summed E-state index contributed by atoms with van der Waals surface area (Å²) in [4.78, 5) is 17.6. The summed E-state index contributed by atoms with van der Waals surface area (Å²) >= 11 is 0. The summed E-state index contributed by atoms with van der Waals surface area (Å²) in [6.45, 7) is 2.11. The van der Waals surface area contributed by atoms with Gasteiger partial charge in [-0.05, 0) is 30.9 Å². The molecule has 1 aromatic heterocycles. The van der Waals surface area contributed by atoms with E-state index in [1.54, 1.807) is 12.3 Å². The quantitative estimate of drug-likeness (QED) is 0.813. The van der Waals surface area contributed by atoms with Gasteiger partial charge in [0.2, 0.25) is 0 Å². The number of carbonyl (C=O) groups excluding carboxylic acids is 1. The average Bonchev–Trinajstić information content (AvgIpc) is 2.47. The van der Waals surface area contributed by atoms with Gasteiger partial charge in [-0.15, -0.1) is 0 Å². The number of esters is 1. The van der Waals surface area contributed by atoms with E-state index in [1.165, 1.54) is 7.11 Å². The molecule has 0 bridgehead atoms. The van der Waals surface area contributed by atoms with E-state index in [9.17, 15) is 4.79 Å². The molecule has 1 aliphatic heterocycles. The Kier molecular flexibility index (Phi) is 4.15. The fourth-order valence-corrected chi connectivity index (χ4v) is 2.17. The summed E-state index contributed by atoms with van der Waals surface area (Å²) in [7, 11) is 1.34. The summed E-state index contributed by atoms with van der Waals surface area (Å²) in [6, 6.07) is 3.57. The minimum absolute atomic E-state index is 0.271. The smallest absolute Gasteiger partial charge is 0.356 e. The van der Waals surface area contributed by atoms with Crippen molar-refractivity contribution in [2.24, 2.45) is 5.92 Å². The molecule has 0 aliphatic carbocycles. The second-order valence-corrected chi connectivity index (χ2v) is 4.51. The Bertz CT molecular complexity index is 397. The molecule has 1 aromatic rings. The highest BCUT2D eigenvalue weighted by atomic mass is 16.5. The van der Waals surface area contributed by atoms with Crippen LogP contribution in [0, 0.1) is 5.92 Å². The fraction of sp³-hybridized carbons (Fsp3) is 0.538. The summed E-state index contributed by atoms with van der Waals surface area (Å²) < 4.78 is 4.61. The molecule has 98 valence electrons. The Labute approximate surface area is 106 Å². The van der Waals surface area contributed by atoms with E-state index in [1.807, 2.05) is 6.07 Å². The molecule has 18 heavy (non-hydrogen) atoms. The van der Waals surface area contributed by atoms with Gasteiger partial charge in [-0.2, -0.15) is 0 Å². The number of anilines is 1. The molecule has 0 spiro atoms. The molecule has 5 nitrogen and oxygen atoms in total. The molecule has 1 aliphatic rings. The molecular formula is C13H18N2O3. The van der Waals surface area contributed by atoms with Crippen molar-refractivity contribution < 1.29 is 14.6 Å². The van der Waals surface area contributed by atoms with E-state index in [2.05, 4.69) is 14.6 Å². The third-order valence-corrected chi connectivity index (χ3v) is 3.38. The van der Waals surface area contributed by atoms with Crippen molar-refractivity contribution >= 4 is 11.7 Å². The molecule has 0 amide bonds. The predicted molar refractivity (Wildman–Crippen MR) is 67.6 cm³/mol. The lowest BCUT2D eigenvalue weighted by molar-refractivity contribution is 0.0594. The van der Waals surface area contributed by atoms with E-state index in [4.69, 9.17) is 5.11 Å². The highest BCUT2D eigenvalue weighted by molar-refractivity contribution is 5.87. The van der Waals surface area contributed by atoms with Crippen molar-refractivity contribution in [3.63, 3.8) is 0 Å². The topological polar surface area (TPSA) is 62.7 Å². The summed E-state index contributed by atoms with van der Waals surface area (Å²) in [5, 5.41) is 9.09. The van der Waals surface area contributed by atoms with E-state index >= 15 is 0 Å². The van der Waals surface area contributed by atoms with Gasteiger partial charge in [0, 0.05) is 19.7 Å². The van der Waals surface area contributed by atoms with Crippen molar-refractivity contribution in [2.75, 3.05) is 31.7 Å². The van der Waals surface area contributed by atoms with Gasteiger partial charge in [0.25, 0.3) is 0 Å². The Hall–Kier alpha value is -1.62. The average molecular weight is 250 g/mol. The number of ether oxygens (including phenoxy) is 1. The first kappa shape index (κ1) is 12.8. The van der Waals surface area contributed by atoms with Gasteiger partial charge in [-0.25, -0.2) is 9.78 Å². The van der Waals surface area contributed by atoms with Crippen LogP contribution in [0.3, 0.4) is 0 Å². The van der Waals surface area contributed by atoms with Gasteiger partial charge in [-0.1, -0.05) is 0 Å². The molecule has 1 fully saturated rings. The zero-order valence-electron chi connectivity index (χ0n) is 10.5. The van der Waals surface area contributed by atoms with E-state index < -0.39 is 5.97 Å². The van der Waals surface area contributed by atoms with Crippen LogP contribution < -0.4 is 4.90 Å². The molecule has 5 heteroatoms. The Morgan fingerprint density at radius 2 is 2.22 bits per heavy atom. The highest BCUT2D eigenvalue weighted by Crippen LogP contribution is 2.22. The van der Waals surface area contributed by atoms with Gasteiger partial charge in [-0.3, -0.25) is 0 Å². The molecule has 0 aromatic carbocycles. The van der Waals surface area contributed by atoms with Crippen molar-refractivity contribution in [3.8, 4) is 0 Å². The Morgan fingerprint density at radius 1 is 1.50 bits per heavy atom. The highest BCUT2D eigenvalue weighted by Gasteiger charge is 2.19. The second-order valence-electron chi connectivity index (χ2n) is 4.51. The first-order chi connectivity index (χ1) is 8.74. The fourth-order valence-electron chi connectivity index (χ4n) is 2.17. The Balaban J connectivity index is 2.00. The predicted octanol–water partition coefficient (Wildman–Crippen LogP) is 1.08. The molecule has 1 N–H and O–H groups in total. The number of hydrogen-bond acceptors (Lipinski definition) is 5. The zero-order chi connectivity index (χ0) is 13.0. The number of rotatable bonds is 3. The maximum absolute atomic E-state index is 11.3. The van der Waals surface area contributed by atoms with Crippen LogP contribution in [0.5, 0.6) is 0 Å². The molecule has 1 saturated heterocycles. The molecule has 0 unspecified atom stereocenters. The molecular weight excluding hydrogens is 232 g/mol. The SMILES string of the molecule is COC(=O)c1ccc(N2CCC(CO)CC2)cn1. The van der Waals surface area contributed by atoms with E-state index in [0.717, 1.165) is 31.6 Å². The van der Waals surface area contributed by atoms with Crippen LogP contribution in [0.4, 0.5) is 5.69 Å². The van der Waals surface area contributed by atoms with Crippen LogP contribution in [0.25, 0.3) is 0 Å². The summed E-state index contributed by atoms with van der Waals surface area (Å²) in [5.41, 5.74) is 1.34. The number of hydrogen-bond donors (Lipinski definition) is 1. The maximum Gasteiger partial charge on any atom is 0.356 e. The number of aliphatic hydroxyl groups excluding tert-OH is 1. The lowest BCUT2D eigenvalue weighted by atomic mass is 9.98. The van der Waals surface area contributed by atoms with Crippen molar-refractivity contribution in [3.05, 3.63) is 24.0 Å². The van der Waals surface area contributed by atoms with Crippen LogP contribution in [-0.4, -0.2) is 42.9 Å². The molecule has 0 atom stereocenters. The van der Waals surface area contributed by atoms with Crippen LogP contribution >= 0.6 is 0 Å². The standard InChI is InChI=1S/C13H18N2O3/c1-18-13(17)12-3-2-11(8-14-12)15-6-4-10(9-16)5-7-15/h2-3,8,10,16H,4-7,9H2,1H3. The van der Waals surface area contributed by atoms with Crippen molar-refractivity contribution in [1.82, 2.24) is 4.98 Å². The van der Waals surface area contributed by atoms with Crippen LogP contribution in [-0.2, 0) is 4.74 Å². The number of carbonyl (C=O) groups is 1. The number of methoxy groups -OCH3 is 1. The zero-order valence-corrected chi connectivity index (χ0v) is 10.5. The van der Waals surface area contributed by atoms with Gasteiger partial charge in [0.1, 0.15) is 5.69 Å². The van der Waals surface area contributed by atoms with Crippen LogP contribution in [0.15, 0.2) is 18.3 Å². The number of piperidine rings is 1. The lowest BCUT2D eigenvalue weighted by Gasteiger charge is -2.32. The van der Waals surface area contributed by atoms with Crippen molar-refractivity contribution in [2.45, 2.75) is 12.8 Å². The minimum Gasteiger partial charge on any atom is -0.464 e. The Morgan fingerprint density at radius 3 is 2.72 bits per heavy atom. The summed E-state index contributed by atoms with van der Waals surface area (Å²) in [6.07, 6.45) is 3.69. The minimum atomic E-state index is -0.416. The lowest BCUT2D eigenvalue weighted by Crippen LogP contribution is -2.34.